The highest BCUT2D eigenvalue weighted by Gasteiger charge is 2.21. The first-order valence-electron chi connectivity index (χ1n) is 8.56. The summed E-state index contributed by atoms with van der Waals surface area (Å²) in [4.78, 5) is 14.9. The zero-order valence-corrected chi connectivity index (χ0v) is 14.0. The molecule has 5 heteroatoms. The Morgan fingerprint density at radius 3 is 2.91 bits per heavy atom. The van der Waals surface area contributed by atoms with Crippen LogP contribution >= 0.6 is 0 Å². The molecule has 1 saturated heterocycles. The molecule has 1 aliphatic rings. The van der Waals surface area contributed by atoms with Gasteiger partial charge in [-0.05, 0) is 43.4 Å². The summed E-state index contributed by atoms with van der Waals surface area (Å²) < 4.78 is 0. The predicted octanol–water partition coefficient (Wildman–Crippen LogP) is 2.66. The number of amides is 1. The van der Waals surface area contributed by atoms with Crippen LogP contribution in [0.3, 0.4) is 0 Å². The van der Waals surface area contributed by atoms with Gasteiger partial charge in [0.05, 0.1) is 17.3 Å². The third-order valence-electron chi connectivity index (χ3n) is 4.61. The van der Waals surface area contributed by atoms with Crippen molar-refractivity contribution in [2.24, 2.45) is 11.8 Å². The lowest BCUT2D eigenvalue weighted by atomic mass is 9.92. The minimum Gasteiger partial charge on any atom is -0.352 e. The standard InChI is InChI=1S/C18H26N4O/c1-13-9-14(2)12-22(11-13)8-4-7-19-18(23)15-5-3-6-17-16(15)10-20-21-17/h3,5-6,10,13-14H,4,7-9,11-12H2,1-2H3,(H,19,23)(H,20,21)/t13-,14-/m0/s1. The minimum absolute atomic E-state index is 0.0163. The number of benzene rings is 1. The largest absolute Gasteiger partial charge is 0.352 e. The second-order valence-electron chi connectivity index (χ2n) is 6.95. The Morgan fingerprint density at radius 2 is 2.13 bits per heavy atom. The van der Waals surface area contributed by atoms with Gasteiger partial charge in [0.25, 0.3) is 5.91 Å². The third kappa shape index (κ3) is 3.91. The Hall–Kier alpha value is -1.88. The van der Waals surface area contributed by atoms with E-state index in [4.69, 9.17) is 0 Å². The number of piperidine rings is 1. The fraction of sp³-hybridized carbons (Fsp3) is 0.556. The number of nitrogens with zero attached hydrogens (tertiary/aromatic N) is 2. The van der Waals surface area contributed by atoms with Crippen molar-refractivity contribution in [2.45, 2.75) is 26.7 Å². The van der Waals surface area contributed by atoms with E-state index in [1.165, 1.54) is 19.5 Å². The molecule has 124 valence electrons. The normalized spacial score (nSPS) is 22.3. The zero-order chi connectivity index (χ0) is 16.2. The average Bonchev–Trinajstić information content (AvgIpc) is 2.99. The highest BCUT2D eigenvalue weighted by molar-refractivity contribution is 6.05. The molecule has 0 saturated carbocycles. The third-order valence-corrected chi connectivity index (χ3v) is 4.61. The summed E-state index contributed by atoms with van der Waals surface area (Å²) in [5, 5.41) is 10.8. The van der Waals surface area contributed by atoms with Crippen LogP contribution in [0, 0.1) is 11.8 Å². The maximum absolute atomic E-state index is 12.3. The Bertz CT molecular complexity index is 656. The SMILES string of the molecule is C[C@H]1C[C@H](C)CN(CCCNC(=O)c2cccc3[nH]ncc23)C1. The van der Waals surface area contributed by atoms with Gasteiger partial charge in [0.1, 0.15) is 0 Å². The molecule has 2 heterocycles. The van der Waals surface area contributed by atoms with Crippen molar-refractivity contribution in [1.82, 2.24) is 20.4 Å². The second kappa shape index (κ2) is 7.13. The molecular formula is C18H26N4O. The van der Waals surface area contributed by atoms with E-state index in [1.54, 1.807) is 6.20 Å². The van der Waals surface area contributed by atoms with Crippen LogP contribution in [0.1, 0.15) is 37.0 Å². The van der Waals surface area contributed by atoms with Crippen LogP contribution in [-0.2, 0) is 0 Å². The number of carbonyl (C=O) groups excluding carboxylic acids is 1. The highest BCUT2D eigenvalue weighted by Crippen LogP contribution is 2.20. The number of hydrogen-bond donors (Lipinski definition) is 2. The number of rotatable bonds is 5. The van der Waals surface area contributed by atoms with E-state index in [1.807, 2.05) is 18.2 Å². The van der Waals surface area contributed by atoms with Crippen LogP contribution in [0.5, 0.6) is 0 Å². The molecule has 1 aromatic heterocycles. The number of fused-ring (bicyclic) bond motifs is 1. The van der Waals surface area contributed by atoms with Crippen LogP contribution in [0.2, 0.25) is 0 Å². The van der Waals surface area contributed by atoms with Gasteiger partial charge in [-0.25, -0.2) is 0 Å². The fourth-order valence-electron chi connectivity index (χ4n) is 3.74. The van der Waals surface area contributed by atoms with Crippen molar-refractivity contribution in [3.63, 3.8) is 0 Å². The van der Waals surface area contributed by atoms with Gasteiger partial charge in [0.2, 0.25) is 0 Å². The van der Waals surface area contributed by atoms with Gasteiger partial charge in [0.15, 0.2) is 0 Å². The molecule has 1 amide bonds. The van der Waals surface area contributed by atoms with E-state index in [-0.39, 0.29) is 5.91 Å². The van der Waals surface area contributed by atoms with Gasteiger partial charge < -0.3 is 10.2 Å². The number of carbonyl (C=O) groups is 1. The van der Waals surface area contributed by atoms with Gasteiger partial charge in [-0.15, -0.1) is 0 Å². The summed E-state index contributed by atoms with van der Waals surface area (Å²) in [6, 6.07) is 5.66. The van der Waals surface area contributed by atoms with E-state index < -0.39 is 0 Å². The summed E-state index contributed by atoms with van der Waals surface area (Å²) in [7, 11) is 0. The van der Waals surface area contributed by atoms with E-state index in [9.17, 15) is 4.79 Å². The molecule has 2 aromatic rings. The Labute approximate surface area is 137 Å². The van der Waals surface area contributed by atoms with Crippen molar-refractivity contribution >= 4 is 16.8 Å². The van der Waals surface area contributed by atoms with Crippen molar-refractivity contribution < 1.29 is 4.79 Å². The first-order chi connectivity index (χ1) is 11.1. The number of nitrogens with one attached hydrogen (secondary N) is 2. The first kappa shape index (κ1) is 16.0. The lowest BCUT2D eigenvalue weighted by molar-refractivity contribution is 0.0949. The summed E-state index contributed by atoms with van der Waals surface area (Å²) in [5.41, 5.74) is 1.59. The average molecular weight is 314 g/mol. The molecule has 0 radical (unpaired) electrons. The van der Waals surface area contributed by atoms with Crippen molar-refractivity contribution in [2.75, 3.05) is 26.2 Å². The molecule has 1 aromatic carbocycles. The number of aromatic amines is 1. The molecule has 0 unspecified atom stereocenters. The molecule has 2 N–H and O–H groups in total. The van der Waals surface area contributed by atoms with Crippen LogP contribution in [0.4, 0.5) is 0 Å². The van der Waals surface area contributed by atoms with Crippen LogP contribution < -0.4 is 5.32 Å². The highest BCUT2D eigenvalue weighted by atomic mass is 16.1. The molecule has 2 atom stereocenters. The van der Waals surface area contributed by atoms with E-state index >= 15 is 0 Å². The Balaban J connectivity index is 1.47. The van der Waals surface area contributed by atoms with Gasteiger partial charge in [-0.3, -0.25) is 9.89 Å². The van der Waals surface area contributed by atoms with E-state index in [0.717, 1.165) is 35.7 Å². The summed E-state index contributed by atoms with van der Waals surface area (Å²) in [5.74, 6) is 1.55. The van der Waals surface area contributed by atoms with Gasteiger partial charge in [-0.2, -0.15) is 5.10 Å². The number of H-pyrrole nitrogens is 1. The van der Waals surface area contributed by atoms with Gasteiger partial charge >= 0.3 is 0 Å². The molecule has 3 rings (SSSR count). The van der Waals surface area contributed by atoms with Crippen LogP contribution in [-0.4, -0.2) is 47.2 Å². The molecular weight excluding hydrogens is 288 g/mol. The minimum atomic E-state index is -0.0163. The molecule has 5 nitrogen and oxygen atoms in total. The quantitative estimate of drug-likeness (QED) is 0.834. The Morgan fingerprint density at radius 1 is 1.35 bits per heavy atom. The topological polar surface area (TPSA) is 61.0 Å². The van der Waals surface area contributed by atoms with Crippen molar-refractivity contribution in [1.29, 1.82) is 0 Å². The summed E-state index contributed by atoms with van der Waals surface area (Å²) in [6.45, 7) is 8.81. The number of hydrogen-bond acceptors (Lipinski definition) is 3. The Kier molecular flexibility index (Phi) is 4.96. The molecule has 0 spiro atoms. The smallest absolute Gasteiger partial charge is 0.252 e. The maximum Gasteiger partial charge on any atom is 0.252 e. The maximum atomic E-state index is 12.3. The predicted molar refractivity (Wildman–Crippen MR) is 92.4 cm³/mol. The van der Waals surface area contributed by atoms with Crippen LogP contribution in [0.15, 0.2) is 24.4 Å². The van der Waals surface area contributed by atoms with Gasteiger partial charge in [-0.1, -0.05) is 19.9 Å². The zero-order valence-electron chi connectivity index (χ0n) is 14.0. The molecule has 0 aliphatic carbocycles. The lowest BCUT2D eigenvalue weighted by Crippen LogP contribution is -2.40. The van der Waals surface area contributed by atoms with Crippen molar-refractivity contribution in [3.05, 3.63) is 30.0 Å². The number of aromatic nitrogens is 2. The molecule has 1 aliphatic heterocycles. The van der Waals surface area contributed by atoms with Crippen molar-refractivity contribution in [3.8, 4) is 0 Å². The lowest BCUT2D eigenvalue weighted by Gasteiger charge is -2.34. The molecule has 0 bridgehead atoms. The first-order valence-corrected chi connectivity index (χ1v) is 8.56. The van der Waals surface area contributed by atoms with E-state index in [0.29, 0.717) is 12.1 Å². The second-order valence-corrected chi connectivity index (χ2v) is 6.95. The van der Waals surface area contributed by atoms with E-state index in [2.05, 4.69) is 34.3 Å². The summed E-state index contributed by atoms with van der Waals surface area (Å²) >= 11 is 0. The number of likely N-dealkylation sites (tertiary alicyclic amines) is 1. The molecule has 1 fully saturated rings. The molecule has 23 heavy (non-hydrogen) atoms. The van der Waals surface area contributed by atoms with Crippen LogP contribution in [0.25, 0.3) is 10.9 Å². The fourth-order valence-corrected chi connectivity index (χ4v) is 3.74. The summed E-state index contributed by atoms with van der Waals surface area (Å²) in [6.07, 6.45) is 4.04. The monoisotopic (exact) mass is 314 g/mol. The van der Waals surface area contributed by atoms with Gasteiger partial charge in [0, 0.05) is 25.0 Å².